The molecule has 1 aliphatic rings. The quantitative estimate of drug-likeness (QED) is 0.688. The van der Waals surface area contributed by atoms with Crippen molar-refractivity contribution in [2.75, 3.05) is 6.26 Å². The molecular weight excluding hydrogens is 184 g/mol. The van der Waals surface area contributed by atoms with Crippen molar-refractivity contribution in [2.24, 2.45) is 0 Å². The summed E-state index contributed by atoms with van der Waals surface area (Å²) in [6, 6.07) is 0. The van der Waals surface area contributed by atoms with Crippen molar-refractivity contribution in [2.45, 2.75) is 36.9 Å². The average Bonchev–Trinajstić information content (AvgIpc) is 1.83. The highest BCUT2D eigenvalue weighted by molar-refractivity contribution is 7.92. The summed E-state index contributed by atoms with van der Waals surface area (Å²) in [5, 5.41) is -0.322. The fraction of sp³-hybridized carbons (Fsp3) is 1.00. The first-order chi connectivity index (χ1) is 5.31. The highest BCUT2D eigenvalue weighted by Crippen LogP contribution is 2.35. The number of hydrogen-bond acceptors (Lipinski definition) is 2. The zero-order chi connectivity index (χ0) is 9.41. The molecule has 72 valence electrons. The van der Waals surface area contributed by atoms with Crippen LogP contribution in [-0.2, 0) is 9.73 Å². The normalized spacial score (nSPS) is 29.6. The van der Waals surface area contributed by atoms with Crippen LogP contribution in [0, 0.1) is 4.78 Å². The number of nitrogens with one attached hydrogen (secondary N) is 1. The highest BCUT2D eigenvalue weighted by Gasteiger charge is 2.37. The number of hydrogen-bond donors (Lipinski definition) is 1. The molecule has 0 heterocycles. The first-order valence-electron chi connectivity index (χ1n) is 3.92. The number of alkyl halides is 2. The maximum Gasteiger partial charge on any atom is 0.248 e. The summed E-state index contributed by atoms with van der Waals surface area (Å²) in [6.45, 7) is 0. The lowest BCUT2D eigenvalue weighted by molar-refractivity contribution is -0.0326. The monoisotopic (exact) mass is 197 g/mol. The van der Waals surface area contributed by atoms with E-state index in [1.54, 1.807) is 0 Å². The Balaban J connectivity index is 2.59. The summed E-state index contributed by atoms with van der Waals surface area (Å²) < 4.78 is 43.6. The van der Waals surface area contributed by atoms with Gasteiger partial charge in [-0.05, 0) is 12.8 Å². The molecule has 1 saturated carbocycles. The second-order valence-electron chi connectivity index (χ2n) is 3.46. The van der Waals surface area contributed by atoms with Gasteiger partial charge in [0.15, 0.2) is 0 Å². The minimum atomic E-state index is -2.61. The van der Waals surface area contributed by atoms with Crippen molar-refractivity contribution < 1.29 is 13.0 Å². The highest BCUT2D eigenvalue weighted by atomic mass is 32.2. The minimum absolute atomic E-state index is 0.207. The molecule has 0 aliphatic heterocycles. The lowest BCUT2D eigenvalue weighted by Gasteiger charge is -2.28. The second kappa shape index (κ2) is 2.94. The minimum Gasteiger partial charge on any atom is -0.253 e. The summed E-state index contributed by atoms with van der Waals surface area (Å²) in [5.41, 5.74) is 0. The van der Waals surface area contributed by atoms with E-state index in [0.717, 1.165) is 0 Å². The Morgan fingerprint density at radius 3 is 2.17 bits per heavy atom. The molecule has 1 atom stereocenters. The lowest BCUT2D eigenvalue weighted by Crippen LogP contribution is -2.31. The van der Waals surface area contributed by atoms with Gasteiger partial charge in [0.2, 0.25) is 5.92 Å². The third kappa shape index (κ3) is 2.40. The van der Waals surface area contributed by atoms with Gasteiger partial charge in [0.05, 0.1) is 0 Å². The van der Waals surface area contributed by atoms with Crippen LogP contribution < -0.4 is 0 Å². The zero-order valence-corrected chi connectivity index (χ0v) is 7.79. The molecule has 0 bridgehead atoms. The van der Waals surface area contributed by atoms with Crippen LogP contribution in [0.25, 0.3) is 0 Å². The molecule has 0 aromatic carbocycles. The molecule has 1 rings (SSSR count). The molecule has 1 aliphatic carbocycles. The Morgan fingerprint density at radius 2 is 1.83 bits per heavy atom. The number of rotatable bonds is 1. The van der Waals surface area contributed by atoms with Gasteiger partial charge in [-0.3, -0.25) is 4.78 Å². The molecule has 1 fully saturated rings. The van der Waals surface area contributed by atoms with E-state index in [9.17, 15) is 13.0 Å². The molecular formula is C7H13F2NOS. The molecule has 0 spiro atoms. The van der Waals surface area contributed by atoms with Crippen LogP contribution in [0.2, 0.25) is 0 Å². The Labute approximate surface area is 71.3 Å². The molecule has 0 aromatic rings. The van der Waals surface area contributed by atoms with Crippen molar-refractivity contribution in [3.8, 4) is 0 Å². The van der Waals surface area contributed by atoms with E-state index in [1.807, 2.05) is 0 Å². The van der Waals surface area contributed by atoms with E-state index in [0.29, 0.717) is 0 Å². The molecule has 12 heavy (non-hydrogen) atoms. The molecule has 2 nitrogen and oxygen atoms in total. The van der Waals surface area contributed by atoms with Gasteiger partial charge in [0.1, 0.15) is 0 Å². The maximum absolute atomic E-state index is 12.6. The summed E-state index contributed by atoms with van der Waals surface area (Å²) in [7, 11) is -2.61. The van der Waals surface area contributed by atoms with Gasteiger partial charge in [0, 0.05) is 34.1 Å². The van der Waals surface area contributed by atoms with Crippen molar-refractivity contribution in [3.63, 3.8) is 0 Å². The largest absolute Gasteiger partial charge is 0.253 e. The molecule has 1 N–H and O–H groups in total. The van der Waals surface area contributed by atoms with Crippen molar-refractivity contribution in [3.05, 3.63) is 0 Å². The van der Waals surface area contributed by atoms with Gasteiger partial charge in [-0.15, -0.1) is 0 Å². The van der Waals surface area contributed by atoms with E-state index in [2.05, 4.69) is 0 Å². The third-order valence-electron chi connectivity index (χ3n) is 2.30. The van der Waals surface area contributed by atoms with Gasteiger partial charge in [-0.2, -0.15) is 0 Å². The van der Waals surface area contributed by atoms with Crippen LogP contribution in [-0.4, -0.2) is 21.6 Å². The van der Waals surface area contributed by atoms with Crippen LogP contribution in [0.15, 0.2) is 0 Å². The lowest BCUT2D eigenvalue weighted by atomic mass is 9.96. The van der Waals surface area contributed by atoms with Crippen LogP contribution in [0.1, 0.15) is 25.7 Å². The summed E-state index contributed by atoms with van der Waals surface area (Å²) >= 11 is 0. The van der Waals surface area contributed by atoms with Crippen LogP contribution >= 0.6 is 0 Å². The zero-order valence-electron chi connectivity index (χ0n) is 6.98. The van der Waals surface area contributed by atoms with Crippen LogP contribution in [0.4, 0.5) is 8.78 Å². The third-order valence-corrected chi connectivity index (χ3v) is 4.04. The summed E-state index contributed by atoms with van der Waals surface area (Å²) in [4.78, 5) is 0. The van der Waals surface area contributed by atoms with E-state index < -0.39 is 15.7 Å². The fourth-order valence-electron chi connectivity index (χ4n) is 1.46. The molecule has 0 aromatic heterocycles. The first-order valence-corrected chi connectivity index (χ1v) is 5.95. The van der Waals surface area contributed by atoms with Gasteiger partial charge in [-0.25, -0.2) is 13.0 Å². The van der Waals surface area contributed by atoms with Gasteiger partial charge >= 0.3 is 0 Å². The predicted octanol–water partition coefficient (Wildman–Crippen LogP) is 2.24. The van der Waals surface area contributed by atoms with Crippen LogP contribution in [0.5, 0.6) is 0 Å². The molecule has 1 unspecified atom stereocenters. The average molecular weight is 197 g/mol. The Kier molecular flexibility index (Phi) is 2.42. The van der Waals surface area contributed by atoms with E-state index >= 15 is 0 Å². The second-order valence-corrected chi connectivity index (χ2v) is 5.93. The number of halogens is 2. The Bertz CT molecular complexity index is 251. The fourth-order valence-corrected chi connectivity index (χ4v) is 2.60. The summed E-state index contributed by atoms with van der Waals surface area (Å²) in [5.74, 6) is -2.58. The van der Waals surface area contributed by atoms with Crippen molar-refractivity contribution >= 4 is 9.73 Å². The first kappa shape index (κ1) is 9.89. The SMILES string of the molecule is CS(=N)(=O)C1CCC(F)(F)CC1. The standard InChI is InChI=1S/C7H13F2NOS/c1-12(10,11)6-2-4-7(8,9)5-3-6/h6,10H,2-5H2,1H3. The van der Waals surface area contributed by atoms with E-state index in [1.165, 1.54) is 6.26 Å². The van der Waals surface area contributed by atoms with Gasteiger partial charge in [-0.1, -0.05) is 0 Å². The molecule has 0 amide bonds. The van der Waals surface area contributed by atoms with E-state index in [4.69, 9.17) is 4.78 Å². The summed E-state index contributed by atoms with van der Waals surface area (Å²) in [6.07, 6.45) is 1.38. The Hall–Kier alpha value is -0.190. The van der Waals surface area contributed by atoms with Crippen molar-refractivity contribution in [1.82, 2.24) is 0 Å². The molecule has 0 radical (unpaired) electrons. The Morgan fingerprint density at radius 1 is 1.42 bits per heavy atom. The molecule has 0 saturated heterocycles. The van der Waals surface area contributed by atoms with Gasteiger partial charge < -0.3 is 0 Å². The smallest absolute Gasteiger partial charge is 0.248 e. The van der Waals surface area contributed by atoms with E-state index in [-0.39, 0.29) is 30.9 Å². The van der Waals surface area contributed by atoms with Crippen LogP contribution in [0.3, 0.4) is 0 Å². The maximum atomic E-state index is 12.6. The molecule has 5 heteroatoms. The van der Waals surface area contributed by atoms with Gasteiger partial charge in [0.25, 0.3) is 0 Å². The topological polar surface area (TPSA) is 40.9 Å². The predicted molar refractivity (Wildman–Crippen MR) is 44.0 cm³/mol. The van der Waals surface area contributed by atoms with Crippen molar-refractivity contribution in [1.29, 1.82) is 4.78 Å².